The maximum Gasteiger partial charge on any atom is 0.254 e. The van der Waals surface area contributed by atoms with E-state index in [-0.39, 0.29) is 48.5 Å². The van der Waals surface area contributed by atoms with E-state index in [1.807, 2.05) is 67.5 Å². The Morgan fingerprint density at radius 2 is 1.76 bits per heavy atom. The van der Waals surface area contributed by atoms with E-state index in [4.69, 9.17) is 9.57 Å². The average molecular weight is 796 g/mol. The molecule has 0 aromatic heterocycles. The molecule has 2 amide bonds. The summed E-state index contributed by atoms with van der Waals surface area (Å²) in [6.45, 7) is 9.20. The third kappa shape index (κ3) is 7.88. The van der Waals surface area contributed by atoms with Crippen LogP contribution in [0.25, 0.3) is 11.1 Å². The fraction of sp³-hybridized carbons (Fsp3) is 0.574. The second kappa shape index (κ2) is 16.9. The van der Waals surface area contributed by atoms with E-state index in [1.54, 1.807) is 19.1 Å². The highest BCUT2D eigenvalue weighted by atomic mass is 16.7. The van der Waals surface area contributed by atoms with Crippen LogP contribution in [0.5, 0.6) is 5.75 Å². The lowest BCUT2D eigenvalue weighted by atomic mass is 9.45. The van der Waals surface area contributed by atoms with Gasteiger partial charge in [-0.2, -0.15) is 5.06 Å². The third-order valence-electron chi connectivity index (χ3n) is 14.2. The van der Waals surface area contributed by atoms with Crippen LogP contribution in [0.4, 0.5) is 5.69 Å². The Bertz CT molecular complexity index is 1940. The SMILES string of the molecule is COc1c(CN2O[C@@H](CO)[C@@H]([C@H](C)O)[C@H]2C(=O)N[C@H]2C[C@H]3C[C@@H]([C@@H]2C)C3(C)C)cccc1-c1cc(C(=O)N2C(c3ccccc3)CC[C@H]2CN(C)C)cc(N(C)C)c1. The number of fused-ring (bicyclic) bond motifs is 2. The first-order valence-corrected chi connectivity index (χ1v) is 21.2. The molecule has 2 aliphatic heterocycles. The van der Waals surface area contributed by atoms with Gasteiger partial charge >= 0.3 is 0 Å². The molecule has 3 saturated carbocycles. The Morgan fingerprint density at radius 1 is 1.02 bits per heavy atom. The molecule has 5 aliphatic rings. The molecule has 3 aromatic rings. The monoisotopic (exact) mass is 795 g/mol. The van der Waals surface area contributed by atoms with Gasteiger partial charge in [0.2, 0.25) is 5.91 Å². The van der Waals surface area contributed by atoms with Crippen LogP contribution in [-0.2, 0) is 16.2 Å². The van der Waals surface area contributed by atoms with Crippen LogP contribution in [0.1, 0.15) is 80.9 Å². The van der Waals surface area contributed by atoms with Crippen molar-refractivity contribution < 1.29 is 29.4 Å². The minimum absolute atomic E-state index is 0.00930. The number of hydrogen-bond donors (Lipinski definition) is 3. The minimum Gasteiger partial charge on any atom is -0.496 e. The molecule has 0 spiro atoms. The Labute approximate surface area is 345 Å². The van der Waals surface area contributed by atoms with Gasteiger partial charge in [-0.05, 0) is 99.2 Å². The van der Waals surface area contributed by atoms with Gasteiger partial charge in [0.1, 0.15) is 17.9 Å². The maximum absolute atomic E-state index is 14.8. The summed E-state index contributed by atoms with van der Waals surface area (Å²) in [5, 5.41) is 26.5. The average Bonchev–Trinajstić information content (AvgIpc) is 3.79. The number of methoxy groups -OCH3 is 1. The molecule has 2 heterocycles. The van der Waals surface area contributed by atoms with Crippen molar-refractivity contribution in [3.8, 4) is 16.9 Å². The largest absolute Gasteiger partial charge is 0.496 e. The lowest BCUT2D eigenvalue weighted by Crippen LogP contribution is -2.62. The summed E-state index contributed by atoms with van der Waals surface area (Å²) in [5.41, 5.74) is 5.30. The lowest BCUT2D eigenvalue weighted by molar-refractivity contribution is -0.183. The molecule has 8 rings (SSSR count). The molecule has 0 radical (unpaired) electrons. The molecule has 10 atom stereocenters. The lowest BCUT2D eigenvalue weighted by Gasteiger charge is -2.62. The molecule has 3 aromatic carbocycles. The molecule has 3 aliphatic carbocycles. The first-order chi connectivity index (χ1) is 27.6. The van der Waals surface area contributed by atoms with Gasteiger partial charge in [-0.1, -0.05) is 69.3 Å². The molecule has 314 valence electrons. The van der Waals surface area contributed by atoms with E-state index in [2.05, 4.69) is 68.2 Å². The number of para-hydroxylation sites is 1. The van der Waals surface area contributed by atoms with Crippen molar-refractivity contribution in [3.63, 3.8) is 0 Å². The predicted molar refractivity (Wildman–Crippen MR) is 227 cm³/mol. The third-order valence-corrected chi connectivity index (χ3v) is 14.2. The Hall–Kier alpha value is -4.00. The first kappa shape index (κ1) is 42.1. The van der Waals surface area contributed by atoms with Crippen molar-refractivity contribution >= 4 is 17.5 Å². The van der Waals surface area contributed by atoms with Gasteiger partial charge in [0.15, 0.2) is 0 Å². The van der Waals surface area contributed by atoms with Crippen molar-refractivity contribution in [2.24, 2.45) is 29.1 Å². The van der Waals surface area contributed by atoms with E-state index in [0.29, 0.717) is 29.1 Å². The molecule has 5 fully saturated rings. The van der Waals surface area contributed by atoms with Crippen molar-refractivity contribution in [1.82, 2.24) is 20.2 Å². The van der Waals surface area contributed by atoms with Gasteiger partial charge in [-0.3, -0.25) is 14.4 Å². The number of benzene rings is 3. The standard InChI is InChI=1S/C47H65N5O6/c1-28-38-23-34(47(38,3)4)24-39(28)48-45(55)43-42(29(2)54)41(27-53)58-51(43)25-31-16-13-17-37(44(31)57-9)32-20-33(22-36(21-32)50(7)8)46(56)52-35(26-49(5)6)18-19-40(52)30-14-11-10-12-15-30/h10-17,20-22,28-29,34-35,38-43,53-54H,18-19,23-27H2,1-9H3,(H,48,55)/t28-,29-,34+,35-,38-,39-,40?,41-,42+,43-/m0/s1. The Balaban J connectivity index is 1.21. The molecule has 3 N–H and O–H groups in total. The number of likely N-dealkylation sites (N-methyl/N-ethyl adjacent to an activating group) is 1. The molecule has 2 saturated heterocycles. The molecule has 2 bridgehead atoms. The van der Waals surface area contributed by atoms with Crippen LogP contribution in [0, 0.1) is 29.1 Å². The zero-order valence-corrected chi connectivity index (χ0v) is 35.9. The number of amides is 2. The van der Waals surface area contributed by atoms with Gasteiger partial charge in [0.05, 0.1) is 32.4 Å². The van der Waals surface area contributed by atoms with Gasteiger partial charge in [-0.15, -0.1) is 0 Å². The molecule has 11 heteroatoms. The quantitative estimate of drug-likeness (QED) is 0.192. The summed E-state index contributed by atoms with van der Waals surface area (Å²) in [7, 11) is 9.69. The van der Waals surface area contributed by atoms with Gasteiger partial charge in [0.25, 0.3) is 5.91 Å². The van der Waals surface area contributed by atoms with Crippen LogP contribution < -0.4 is 15.0 Å². The topological polar surface area (TPSA) is 118 Å². The number of nitrogens with one attached hydrogen (secondary N) is 1. The van der Waals surface area contributed by atoms with E-state index < -0.39 is 24.2 Å². The summed E-state index contributed by atoms with van der Waals surface area (Å²) in [5.74, 6) is 1.20. The maximum atomic E-state index is 14.8. The number of anilines is 1. The highest BCUT2D eigenvalue weighted by Crippen LogP contribution is 2.61. The number of nitrogens with zero attached hydrogens (tertiary/aromatic N) is 4. The number of aliphatic hydroxyl groups is 2. The highest BCUT2D eigenvalue weighted by Gasteiger charge is 2.57. The van der Waals surface area contributed by atoms with Crippen molar-refractivity contribution in [3.05, 3.63) is 83.4 Å². The van der Waals surface area contributed by atoms with Crippen molar-refractivity contribution in [2.75, 3.05) is 53.4 Å². The molecule has 58 heavy (non-hydrogen) atoms. The molecular weight excluding hydrogens is 731 g/mol. The minimum atomic E-state index is -0.901. The Kier molecular flexibility index (Phi) is 12.3. The number of carbonyl (C=O) groups excluding carboxylic acids is 2. The van der Waals surface area contributed by atoms with Crippen molar-refractivity contribution in [2.45, 2.75) is 96.3 Å². The van der Waals surface area contributed by atoms with Crippen LogP contribution >= 0.6 is 0 Å². The van der Waals surface area contributed by atoms with Gasteiger partial charge in [-0.25, -0.2) is 0 Å². The fourth-order valence-electron chi connectivity index (χ4n) is 10.9. The van der Waals surface area contributed by atoms with Crippen LogP contribution in [0.15, 0.2) is 66.7 Å². The second-order valence-corrected chi connectivity index (χ2v) is 18.5. The van der Waals surface area contributed by atoms with E-state index >= 15 is 0 Å². The van der Waals surface area contributed by atoms with Gasteiger partial charge < -0.3 is 35.0 Å². The highest BCUT2D eigenvalue weighted by molar-refractivity contribution is 5.98. The van der Waals surface area contributed by atoms with E-state index in [9.17, 15) is 19.8 Å². The van der Waals surface area contributed by atoms with E-state index in [0.717, 1.165) is 53.7 Å². The number of hydrogen-bond acceptors (Lipinski definition) is 9. The summed E-state index contributed by atoms with van der Waals surface area (Å²) in [4.78, 5) is 41.8. The first-order valence-electron chi connectivity index (χ1n) is 21.2. The summed E-state index contributed by atoms with van der Waals surface area (Å²) in [6.07, 6.45) is 2.29. The number of aliphatic hydroxyl groups excluding tert-OH is 2. The molecule has 11 nitrogen and oxygen atoms in total. The summed E-state index contributed by atoms with van der Waals surface area (Å²) in [6, 6.07) is 21.5. The zero-order valence-electron chi connectivity index (χ0n) is 35.9. The van der Waals surface area contributed by atoms with Crippen LogP contribution in [-0.4, -0.2) is 116 Å². The number of likely N-dealkylation sites (tertiary alicyclic amines) is 1. The normalized spacial score (nSPS) is 29.6. The molecular formula is C47H65N5O6. The van der Waals surface area contributed by atoms with Crippen LogP contribution in [0.3, 0.4) is 0 Å². The second-order valence-electron chi connectivity index (χ2n) is 18.5. The summed E-state index contributed by atoms with van der Waals surface area (Å²) < 4.78 is 6.18. The Morgan fingerprint density at radius 3 is 2.38 bits per heavy atom. The van der Waals surface area contributed by atoms with Crippen LogP contribution in [0.2, 0.25) is 0 Å². The van der Waals surface area contributed by atoms with Crippen molar-refractivity contribution in [1.29, 1.82) is 0 Å². The number of hydroxylamine groups is 2. The molecule has 1 unspecified atom stereocenters. The summed E-state index contributed by atoms with van der Waals surface area (Å²) >= 11 is 0. The fourth-order valence-corrected chi connectivity index (χ4v) is 10.9. The predicted octanol–water partition coefficient (Wildman–Crippen LogP) is 6.00. The smallest absolute Gasteiger partial charge is 0.254 e. The number of carbonyl (C=O) groups is 2. The zero-order chi connectivity index (χ0) is 41.6. The number of rotatable bonds is 13. The number of ether oxygens (including phenoxy) is 1. The van der Waals surface area contributed by atoms with E-state index in [1.165, 1.54) is 6.42 Å². The van der Waals surface area contributed by atoms with Gasteiger partial charge in [0, 0.05) is 61.0 Å².